The Hall–Kier alpha value is -1.69. The zero-order valence-corrected chi connectivity index (χ0v) is 14.6. The molecule has 1 aromatic carbocycles. The zero-order valence-electron chi connectivity index (χ0n) is 13.8. The van der Waals surface area contributed by atoms with Gasteiger partial charge in [-0.2, -0.15) is 0 Å². The number of carbonyl (C=O) groups is 1. The Morgan fingerprint density at radius 3 is 2.54 bits per heavy atom. The van der Waals surface area contributed by atoms with Crippen LogP contribution < -0.4 is 0 Å². The van der Waals surface area contributed by atoms with E-state index in [2.05, 4.69) is 11.0 Å². The summed E-state index contributed by atoms with van der Waals surface area (Å²) in [5.74, 6) is 0.142. The number of aliphatic hydroxyl groups is 1. The molecule has 4 rings (SSSR count). The molecular formula is C19H22N2O2S. The fraction of sp³-hybridized carbons (Fsp3) is 0.421. The summed E-state index contributed by atoms with van der Waals surface area (Å²) in [7, 11) is 0. The van der Waals surface area contributed by atoms with Crippen molar-refractivity contribution in [3.8, 4) is 0 Å². The van der Waals surface area contributed by atoms with Gasteiger partial charge in [-0.05, 0) is 36.6 Å². The highest BCUT2D eigenvalue weighted by atomic mass is 32.1. The summed E-state index contributed by atoms with van der Waals surface area (Å²) in [5, 5.41) is 10.6. The molecule has 1 saturated heterocycles. The van der Waals surface area contributed by atoms with Crippen LogP contribution in [0.4, 0.5) is 0 Å². The molecule has 1 aliphatic carbocycles. The molecule has 0 bridgehead atoms. The predicted octanol–water partition coefficient (Wildman–Crippen LogP) is 2.47. The second kappa shape index (κ2) is 6.31. The molecule has 1 aliphatic heterocycles. The normalized spacial score (nSPS) is 24.2. The Labute approximate surface area is 146 Å². The SMILES string of the molecule is Cc1ccc(C(=O)N2CCN(C3Cc4ccccc4C3O)CC2)s1. The van der Waals surface area contributed by atoms with Crippen molar-refractivity contribution >= 4 is 17.2 Å². The molecule has 5 heteroatoms. The van der Waals surface area contributed by atoms with Crippen LogP contribution in [-0.4, -0.2) is 53.0 Å². The Balaban J connectivity index is 1.39. The number of thiophene rings is 1. The van der Waals surface area contributed by atoms with Crippen LogP contribution in [0.1, 0.15) is 31.8 Å². The minimum Gasteiger partial charge on any atom is -0.387 e. The fourth-order valence-corrected chi connectivity index (χ4v) is 4.68. The summed E-state index contributed by atoms with van der Waals surface area (Å²) >= 11 is 1.56. The number of piperazine rings is 1. The van der Waals surface area contributed by atoms with E-state index in [1.807, 2.05) is 42.2 Å². The highest BCUT2D eigenvalue weighted by Crippen LogP contribution is 2.34. The van der Waals surface area contributed by atoms with Crippen LogP contribution in [0.15, 0.2) is 36.4 Å². The molecule has 2 aliphatic rings. The molecule has 4 nitrogen and oxygen atoms in total. The summed E-state index contributed by atoms with van der Waals surface area (Å²) in [6.07, 6.45) is 0.485. The van der Waals surface area contributed by atoms with Crippen LogP contribution in [0, 0.1) is 6.92 Å². The molecule has 1 aromatic heterocycles. The van der Waals surface area contributed by atoms with E-state index in [0.717, 1.165) is 43.0 Å². The lowest BCUT2D eigenvalue weighted by molar-refractivity contribution is 0.0257. The van der Waals surface area contributed by atoms with Gasteiger partial charge in [0.25, 0.3) is 5.91 Å². The van der Waals surface area contributed by atoms with Crippen molar-refractivity contribution in [3.05, 3.63) is 57.3 Å². The molecule has 2 unspecified atom stereocenters. The van der Waals surface area contributed by atoms with Crippen molar-refractivity contribution in [1.82, 2.24) is 9.80 Å². The van der Waals surface area contributed by atoms with Gasteiger partial charge in [-0.1, -0.05) is 24.3 Å². The maximum absolute atomic E-state index is 12.6. The van der Waals surface area contributed by atoms with E-state index >= 15 is 0 Å². The van der Waals surface area contributed by atoms with Gasteiger partial charge in [0, 0.05) is 37.1 Å². The molecular weight excluding hydrogens is 320 g/mol. The van der Waals surface area contributed by atoms with Crippen LogP contribution in [0.5, 0.6) is 0 Å². The second-order valence-electron chi connectivity index (χ2n) is 6.65. The first-order valence-electron chi connectivity index (χ1n) is 8.49. The minimum absolute atomic E-state index is 0.142. The van der Waals surface area contributed by atoms with Gasteiger partial charge < -0.3 is 10.0 Å². The van der Waals surface area contributed by atoms with Gasteiger partial charge in [0.1, 0.15) is 0 Å². The number of aryl methyl sites for hydroxylation is 1. The van der Waals surface area contributed by atoms with E-state index in [1.54, 1.807) is 11.3 Å². The zero-order chi connectivity index (χ0) is 16.7. The van der Waals surface area contributed by atoms with Crippen molar-refractivity contribution in [2.45, 2.75) is 25.5 Å². The lowest BCUT2D eigenvalue weighted by Gasteiger charge is -2.39. The molecule has 0 radical (unpaired) electrons. The molecule has 126 valence electrons. The molecule has 1 amide bonds. The number of hydrogen-bond donors (Lipinski definition) is 1. The van der Waals surface area contributed by atoms with Gasteiger partial charge in [0.15, 0.2) is 0 Å². The largest absolute Gasteiger partial charge is 0.387 e. The third kappa shape index (κ3) is 2.77. The van der Waals surface area contributed by atoms with Crippen LogP contribution in [0.25, 0.3) is 0 Å². The quantitative estimate of drug-likeness (QED) is 0.912. The monoisotopic (exact) mass is 342 g/mol. The molecule has 1 N–H and O–H groups in total. The first-order chi connectivity index (χ1) is 11.6. The third-order valence-corrected chi connectivity index (χ3v) is 6.18. The van der Waals surface area contributed by atoms with Crippen molar-refractivity contribution < 1.29 is 9.90 Å². The summed E-state index contributed by atoms with van der Waals surface area (Å²) in [6, 6.07) is 12.2. The average molecular weight is 342 g/mol. The van der Waals surface area contributed by atoms with Crippen LogP contribution >= 0.6 is 11.3 Å². The van der Waals surface area contributed by atoms with E-state index in [1.165, 1.54) is 10.4 Å². The Bertz CT molecular complexity index is 749. The summed E-state index contributed by atoms with van der Waals surface area (Å²) < 4.78 is 0. The van der Waals surface area contributed by atoms with Crippen LogP contribution in [-0.2, 0) is 6.42 Å². The highest BCUT2D eigenvalue weighted by Gasteiger charge is 2.36. The first-order valence-corrected chi connectivity index (χ1v) is 9.31. The van der Waals surface area contributed by atoms with Crippen LogP contribution in [0.3, 0.4) is 0 Å². The van der Waals surface area contributed by atoms with E-state index in [-0.39, 0.29) is 11.9 Å². The Morgan fingerprint density at radius 2 is 1.88 bits per heavy atom. The number of nitrogens with zero attached hydrogens (tertiary/aromatic N) is 2. The highest BCUT2D eigenvalue weighted by molar-refractivity contribution is 7.13. The van der Waals surface area contributed by atoms with E-state index in [9.17, 15) is 9.90 Å². The predicted molar refractivity (Wildman–Crippen MR) is 95.4 cm³/mol. The lowest BCUT2D eigenvalue weighted by atomic mass is 10.1. The van der Waals surface area contributed by atoms with Crippen LogP contribution in [0.2, 0.25) is 0 Å². The maximum atomic E-state index is 12.6. The van der Waals surface area contributed by atoms with Crippen molar-refractivity contribution in [2.24, 2.45) is 0 Å². The molecule has 0 spiro atoms. The number of rotatable bonds is 2. The van der Waals surface area contributed by atoms with Gasteiger partial charge in [0.2, 0.25) is 0 Å². The number of fused-ring (bicyclic) bond motifs is 1. The number of benzene rings is 1. The molecule has 2 aromatic rings. The Morgan fingerprint density at radius 1 is 1.12 bits per heavy atom. The van der Waals surface area contributed by atoms with E-state index in [4.69, 9.17) is 0 Å². The lowest BCUT2D eigenvalue weighted by Crippen LogP contribution is -2.52. The fourth-order valence-electron chi connectivity index (χ4n) is 3.84. The molecule has 1 fully saturated rings. The third-order valence-electron chi connectivity index (χ3n) is 5.19. The standard InChI is InChI=1S/C19H22N2O2S/c1-13-6-7-17(24-13)19(23)21-10-8-20(9-11-21)16-12-14-4-2-3-5-15(14)18(16)22/h2-7,16,18,22H,8-12H2,1H3. The van der Waals surface area contributed by atoms with Gasteiger partial charge >= 0.3 is 0 Å². The molecule has 2 atom stereocenters. The first kappa shape index (κ1) is 15.8. The number of carbonyl (C=O) groups excluding carboxylic acids is 1. The van der Waals surface area contributed by atoms with Gasteiger partial charge in [-0.25, -0.2) is 0 Å². The molecule has 2 heterocycles. The van der Waals surface area contributed by atoms with E-state index < -0.39 is 6.10 Å². The Kier molecular flexibility index (Phi) is 4.16. The van der Waals surface area contributed by atoms with Crippen molar-refractivity contribution in [3.63, 3.8) is 0 Å². The van der Waals surface area contributed by atoms with E-state index in [0.29, 0.717) is 0 Å². The number of aliphatic hydroxyl groups excluding tert-OH is 1. The second-order valence-corrected chi connectivity index (χ2v) is 7.94. The summed E-state index contributed by atoms with van der Waals surface area (Å²) in [4.78, 5) is 18.8. The summed E-state index contributed by atoms with van der Waals surface area (Å²) in [5.41, 5.74) is 2.32. The number of amides is 1. The topological polar surface area (TPSA) is 43.8 Å². The summed E-state index contributed by atoms with van der Waals surface area (Å²) in [6.45, 7) is 5.14. The molecule has 0 saturated carbocycles. The minimum atomic E-state index is -0.414. The number of hydrogen-bond acceptors (Lipinski definition) is 4. The smallest absolute Gasteiger partial charge is 0.264 e. The van der Waals surface area contributed by atoms with Gasteiger partial charge in [0.05, 0.1) is 11.0 Å². The van der Waals surface area contributed by atoms with Crippen molar-refractivity contribution in [1.29, 1.82) is 0 Å². The maximum Gasteiger partial charge on any atom is 0.264 e. The average Bonchev–Trinajstić information content (AvgIpc) is 3.19. The van der Waals surface area contributed by atoms with Crippen molar-refractivity contribution in [2.75, 3.05) is 26.2 Å². The molecule has 24 heavy (non-hydrogen) atoms. The van der Waals surface area contributed by atoms with Gasteiger partial charge in [-0.15, -0.1) is 11.3 Å². The van der Waals surface area contributed by atoms with Gasteiger partial charge in [-0.3, -0.25) is 9.69 Å².